The quantitative estimate of drug-likeness (QED) is 0.801. The van der Waals surface area contributed by atoms with E-state index in [4.69, 9.17) is 0 Å². The molecule has 0 bridgehead atoms. The number of nitrogens with zero attached hydrogens (tertiary/aromatic N) is 2. The number of halogens is 1. The fourth-order valence-electron chi connectivity index (χ4n) is 1.51. The molecule has 98 valence electrons. The molecule has 1 aromatic rings. The third kappa shape index (κ3) is 3.32. The summed E-state index contributed by atoms with van der Waals surface area (Å²) in [6, 6.07) is 7.33. The van der Waals surface area contributed by atoms with Crippen molar-refractivity contribution in [1.82, 2.24) is 0 Å². The highest BCUT2D eigenvalue weighted by molar-refractivity contribution is 9.09. The second-order valence-electron chi connectivity index (χ2n) is 3.91. The standard InChI is InChI=1S/C13H17BrN2O2/c1-4-12(17)15(2)10-5-7-11(8-6-10)16(3)13(18)9-14/h5-8H,4,9H2,1-3H3. The molecule has 5 heteroatoms. The van der Waals surface area contributed by atoms with Gasteiger partial charge < -0.3 is 9.80 Å². The molecule has 1 aromatic carbocycles. The van der Waals surface area contributed by atoms with E-state index in [1.807, 2.05) is 31.2 Å². The lowest BCUT2D eigenvalue weighted by molar-refractivity contribution is -0.118. The van der Waals surface area contributed by atoms with E-state index in [1.54, 1.807) is 23.9 Å². The van der Waals surface area contributed by atoms with Gasteiger partial charge in [0.05, 0.1) is 5.33 Å². The summed E-state index contributed by atoms with van der Waals surface area (Å²) in [6.45, 7) is 1.83. The predicted octanol–water partition coefficient (Wildman–Crippen LogP) is 2.42. The first kappa shape index (κ1) is 14.7. The van der Waals surface area contributed by atoms with Crippen LogP contribution in [0.1, 0.15) is 13.3 Å². The average molecular weight is 313 g/mol. The number of rotatable bonds is 4. The van der Waals surface area contributed by atoms with Gasteiger partial charge in [-0.3, -0.25) is 9.59 Å². The van der Waals surface area contributed by atoms with Gasteiger partial charge in [0.1, 0.15) is 0 Å². The average Bonchev–Trinajstić information content (AvgIpc) is 2.44. The van der Waals surface area contributed by atoms with Gasteiger partial charge in [0, 0.05) is 31.9 Å². The minimum absolute atomic E-state index is 0.0132. The second-order valence-corrected chi connectivity index (χ2v) is 4.47. The molecule has 0 unspecified atom stereocenters. The molecule has 0 spiro atoms. The zero-order chi connectivity index (χ0) is 13.7. The van der Waals surface area contributed by atoms with Gasteiger partial charge in [-0.2, -0.15) is 0 Å². The van der Waals surface area contributed by atoms with Crippen molar-refractivity contribution in [3.05, 3.63) is 24.3 Å². The van der Waals surface area contributed by atoms with Crippen molar-refractivity contribution in [2.45, 2.75) is 13.3 Å². The van der Waals surface area contributed by atoms with Gasteiger partial charge in [0.25, 0.3) is 0 Å². The van der Waals surface area contributed by atoms with Crippen LogP contribution in [0.5, 0.6) is 0 Å². The fourth-order valence-corrected chi connectivity index (χ4v) is 1.89. The Labute approximate surface area is 116 Å². The SMILES string of the molecule is CCC(=O)N(C)c1ccc(N(C)C(=O)CBr)cc1. The molecule has 1 rings (SSSR count). The summed E-state index contributed by atoms with van der Waals surface area (Å²) in [5, 5.41) is 0.291. The molecule has 0 saturated heterocycles. The first-order valence-corrected chi connectivity index (χ1v) is 6.82. The van der Waals surface area contributed by atoms with Gasteiger partial charge in [-0.25, -0.2) is 0 Å². The number of benzene rings is 1. The molecule has 0 aliphatic carbocycles. The fraction of sp³-hybridized carbons (Fsp3) is 0.385. The molecule has 0 aliphatic rings. The smallest absolute Gasteiger partial charge is 0.237 e. The largest absolute Gasteiger partial charge is 0.316 e. The summed E-state index contributed by atoms with van der Waals surface area (Å²) in [5.41, 5.74) is 1.63. The summed E-state index contributed by atoms with van der Waals surface area (Å²) in [4.78, 5) is 26.2. The van der Waals surface area contributed by atoms with Crippen LogP contribution in [-0.2, 0) is 9.59 Å². The van der Waals surface area contributed by atoms with Gasteiger partial charge in [0.2, 0.25) is 11.8 Å². The number of anilines is 2. The molecule has 0 aliphatic heterocycles. The molecule has 18 heavy (non-hydrogen) atoms. The normalized spacial score (nSPS) is 10.0. The third-order valence-electron chi connectivity index (χ3n) is 2.79. The minimum Gasteiger partial charge on any atom is -0.316 e. The van der Waals surface area contributed by atoms with Gasteiger partial charge in [-0.1, -0.05) is 22.9 Å². The Bertz CT molecular complexity index is 390. The van der Waals surface area contributed by atoms with Crippen molar-refractivity contribution >= 4 is 39.1 Å². The van der Waals surface area contributed by atoms with E-state index in [9.17, 15) is 9.59 Å². The van der Waals surface area contributed by atoms with Crippen LogP contribution in [0.25, 0.3) is 0 Å². The number of carbonyl (C=O) groups is 2. The summed E-state index contributed by atoms with van der Waals surface area (Å²) >= 11 is 3.13. The van der Waals surface area contributed by atoms with E-state index in [0.717, 1.165) is 11.4 Å². The van der Waals surface area contributed by atoms with E-state index < -0.39 is 0 Å². The Hall–Kier alpha value is -1.36. The van der Waals surface area contributed by atoms with Crippen molar-refractivity contribution in [3.63, 3.8) is 0 Å². The van der Waals surface area contributed by atoms with Crippen LogP contribution in [-0.4, -0.2) is 31.2 Å². The molecule has 0 saturated carbocycles. The van der Waals surface area contributed by atoms with Crippen molar-refractivity contribution in [1.29, 1.82) is 0 Å². The predicted molar refractivity (Wildman–Crippen MR) is 77.3 cm³/mol. The maximum absolute atomic E-state index is 11.5. The molecule has 0 heterocycles. The van der Waals surface area contributed by atoms with E-state index in [-0.39, 0.29) is 11.8 Å². The van der Waals surface area contributed by atoms with Gasteiger partial charge in [0.15, 0.2) is 0 Å². The minimum atomic E-state index is -0.0132. The zero-order valence-electron chi connectivity index (χ0n) is 10.8. The zero-order valence-corrected chi connectivity index (χ0v) is 12.4. The number of hydrogen-bond donors (Lipinski definition) is 0. The maximum Gasteiger partial charge on any atom is 0.237 e. The van der Waals surface area contributed by atoms with Gasteiger partial charge in [-0.15, -0.1) is 0 Å². The van der Waals surface area contributed by atoms with E-state index in [1.165, 1.54) is 0 Å². The molecule has 2 amide bonds. The molecular formula is C13H17BrN2O2. The highest BCUT2D eigenvalue weighted by Crippen LogP contribution is 2.20. The van der Waals surface area contributed by atoms with Crippen LogP contribution >= 0.6 is 15.9 Å². The maximum atomic E-state index is 11.5. The first-order chi connectivity index (χ1) is 8.51. The van der Waals surface area contributed by atoms with Crippen LogP contribution in [0.2, 0.25) is 0 Å². The second kappa shape index (κ2) is 6.54. The van der Waals surface area contributed by atoms with E-state index in [0.29, 0.717) is 11.8 Å². The van der Waals surface area contributed by atoms with E-state index >= 15 is 0 Å². The molecule has 0 fully saturated rings. The lowest BCUT2D eigenvalue weighted by atomic mass is 10.2. The van der Waals surface area contributed by atoms with Crippen LogP contribution in [0.15, 0.2) is 24.3 Å². The summed E-state index contributed by atoms with van der Waals surface area (Å²) in [7, 11) is 3.47. The van der Waals surface area contributed by atoms with Crippen LogP contribution in [0, 0.1) is 0 Å². The third-order valence-corrected chi connectivity index (χ3v) is 3.27. The monoisotopic (exact) mass is 312 g/mol. The Kier molecular flexibility index (Phi) is 5.34. The lowest BCUT2D eigenvalue weighted by Gasteiger charge is -2.19. The molecule has 0 N–H and O–H groups in total. The van der Waals surface area contributed by atoms with Crippen molar-refractivity contribution in [2.24, 2.45) is 0 Å². The van der Waals surface area contributed by atoms with Crippen LogP contribution < -0.4 is 9.80 Å². The Morgan fingerprint density at radius 1 is 1.00 bits per heavy atom. The highest BCUT2D eigenvalue weighted by atomic mass is 79.9. The molecular weight excluding hydrogens is 296 g/mol. The molecule has 4 nitrogen and oxygen atoms in total. The van der Waals surface area contributed by atoms with Gasteiger partial charge in [-0.05, 0) is 24.3 Å². The van der Waals surface area contributed by atoms with E-state index in [2.05, 4.69) is 15.9 Å². The van der Waals surface area contributed by atoms with Gasteiger partial charge >= 0.3 is 0 Å². The highest BCUT2D eigenvalue weighted by Gasteiger charge is 2.11. The Morgan fingerprint density at radius 2 is 1.39 bits per heavy atom. The summed E-state index contributed by atoms with van der Waals surface area (Å²) < 4.78 is 0. The van der Waals surface area contributed by atoms with Crippen molar-refractivity contribution in [2.75, 3.05) is 29.2 Å². The molecule has 0 atom stereocenters. The summed E-state index contributed by atoms with van der Waals surface area (Å²) in [6.07, 6.45) is 0.472. The molecule has 0 aromatic heterocycles. The molecule has 0 radical (unpaired) electrons. The van der Waals surface area contributed by atoms with Crippen LogP contribution in [0.3, 0.4) is 0 Å². The van der Waals surface area contributed by atoms with Crippen molar-refractivity contribution in [3.8, 4) is 0 Å². The first-order valence-electron chi connectivity index (χ1n) is 5.70. The number of carbonyl (C=O) groups excluding carboxylic acids is 2. The summed E-state index contributed by atoms with van der Waals surface area (Å²) in [5.74, 6) is 0.0494. The number of hydrogen-bond acceptors (Lipinski definition) is 2. The lowest BCUT2D eigenvalue weighted by Crippen LogP contribution is -2.27. The van der Waals surface area contributed by atoms with Crippen LogP contribution in [0.4, 0.5) is 11.4 Å². The topological polar surface area (TPSA) is 40.6 Å². The number of alkyl halides is 1. The van der Waals surface area contributed by atoms with Crippen molar-refractivity contribution < 1.29 is 9.59 Å². The Balaban J connectivity index is 2.86. The number of amides is 2. The Morgan fingerprint density at radius 3 is 1.72 bits per heavy atom.